The molecular formula is C24H22N2O4. The number of aromatic nitrogens is 1. The standard InChI is InChI=1S/C24H22N2O4/c1-3-28-20-10-6-7-11-21(20)29-22-13-12-17(14-25-22)15-26-24(27)23-16(2)18-8-4-5-9-19(18)30-23/h4-14H,3,15H2,1-2H3,(H,26,27). The fourth-order valence-electron chi connectivity index (χ4n) is 3.15. The van der Waals surface area contributed by atoms with Gasteiger partial charge in [-0.2, -0.15) is 0 Å². The van der Waals surface area contributed by atoms with Crippen molar-refractivity contribution in [2.75, 3.05) is 6.61 Å². The zero-order valence-electron chi connectivity index (χ0n) is 16.8. The third kappa shape index (κ3) is 4.12. The summed E-state index contributed by atoms with van der Waals surface area (Å²) in [6.07, 6.45) is 1.67. The summed E-state index contributed by atoms with van der Waals surface area (Å²) in [5.41, 5.74) is 2.39. The van der Waals surface area contributed by atoms with Crippen molar-refractivity contribution in [3.63, 3.8) is 0 Å². The summed E-state index contributed by atoms with van der Waals surface area (Å²) in [5.74, 6) is 1.80. The number of para-hydroxylation sites is 3. The van der Waals surface area contributed by atoms with Crippen LogP contribution >= 0.6 is 0 Å². The summed E-state index contributed by atoms with van der Waals surface area (Å²) in [7, 11) is 0. The summed E-state index contributed by atoms with van der Waals surface area (Å²) in [4.78, 5) is 16.9. The normalized spacial score (nSPS) is 10.7. The van der Waals surface area contributed by atoms with Crippen molar-refractivity contribution in [2.24, 2.45) is 0 Å². The van der Waals surface area contributed by atoms with Gasteiger partial charge in [-0.3, -0.25) is 4.79 Å². The van der Waals surface area contributed by atoms with Crippen molar-refractivity contribution in [1.82, 2.24) is 10.3 Å². The Kier molecular flexibility index (Phi) is 5.66. The monoisotopic (exact) mass is 402 g/mol. The molecule has 0 aliphatic rings. The fraction of sp³-hybridized carbons (Fsp3) is 0.167. The highest BCUT2D eigenvalue weighted by atomic mass is 16.5. The van der Waals surface area contributed by atoms with Gasteiger partial charge in [0.25, 0.3) is 5.91 Å². The Morgan fingerprint density at radius 1 is 1.03 bits per heavy atom. The second-order valence-corrected chi connectivity index (χ2v) is 6.72. The van der Waals surface area contributed by atoms with Gasteiger partial charge in [-0.15, -0.1) is 0 Å². The molecule has 0 fully saturated rings. The lowest BCUT2D eigenvalue weighted by Crippen LogP contribution is -2.23. The van der Waals surface area contributed by atoms with Gasteiger partial charge in [0.1, 0.15) is 5.58 Å². The van der Waals surface area contributed by atoms with Crippen LogP contribution in [-0.4, -0.2) is 17.5 Å². The molecule has 0 aliphatic heterocycles. The third-order valence-corrected chi connectivity index (χ3v) is 4.66. The van der Waals surface area contributed by atoms with Crippen LogP contribution in [0.25, 0.3) is 11.0 Å². The van der Waals surface area contributed by atoms with Crippen LogP contribution in [0.3, 0.4) is 0 Å². The first-order valence-electron chi connectivity index (χ1n) is 9.76. The molecule has 2 heterocycles. The fourth-order valence-corrected chi connectivity index (χ4v) is 3.15. The molecule has 0 saturated carbocycles. The van der Waals surface area contributed by atoms with Gasteiger partial charge < -0.3 is 19.2 Å². The molecular weight excluding hydrogens is 380 g/mol. The number of fused-ring (bicyclic) bond motifs is 1. The first-order chi connectivity index (χ1) is 14.7. The quantitative estimate of drug-likeness (QED) is 0.457. The third-order valence-electron chi connectivity index (χ3n) is 4.66. The number of benzene rings is 2. The first kappa shape index (κ1) is 19.5. The zero-order chi connectivity index (χ0) is 20.9. The van der Waals surface area contributed by atoms with Crippen molar-refractivity contribution in [1.29, 1.82) is 0 Å². The average Bonchev–Trinajstić information content (AvgIpc) is 3.11. The lowest BCUT2D eigenvalue weighted by atomic mass is 10.1. The van der Waals surface area contributed by atoms with E-state index in [0.717, 1.165) is 16.5 Å². The van der Waals surface area contributed by atoms with Crippen molar-refractivity contribution in [3.05, 3.63) is 83.7 Å². The number of rotatable bonds is 7. The van der Waals surface area contributed by atoms with E-state index in [1.54, 1.807) is 12.3 Å². The van der Waals surface area contributed by atoms with Gasteiger partial charge in [0, 0.05) is 29.8 Å². The molecule has 0 unspecified atom stereocenters. The largest absolute Gasteiger partial charge is 0.490 e. The molecule has 0 atom stereocenters. The number of hydrogen-bond acceptors (Lipinski definition) is 5. The van der Waals surface area contributed by atoms with Crippen LogP contribution in [0.4, 0.5) is 0 Å². The molecule has 6 nitrogen and oxygen atoms in total. The number of carbonyl (C=O) groups is 1. The number of pyridine rings is 1. The van der Waals surface area contributed by atoms with Gasteiger partial charge in [0.2, 0.25) is 5.88 Å². The highest BCUT2D eigenvalue weighted by molar-refractivity contribution is 5.98. The SMILES string of the molecule is CCOc1ccccc1Oc1ccc(CNC(=O)c2oc3ccccc3c2C)cn1. The Morgan fingerprint density at radius 2 is 1.80 bits per heavy atom. The minimum atomic E-state index is -0.255. The van der Waals surface area contributed by atoms with E-state index in [4.69, 9.17) is 13.9 Å². The molecule has 1 amide bonds. The van der Waals surface area contributed by atoms with Crippen LogP contribution in [-0.2, 0) is 6.54 Å². The smallest absolute Gasteiger partial charge is 0.287 e. The van der Waals surface area contributed by atoms with Crippen molar-refractivity contribution >= 4 is 16.9 Å². The Morgan fingerprint density at radius 3 is 2.53 bits per heavy atom. The molecule has 1 N–H and O–H groups in total. The molecule has 2 aromatic heterocycles. The molecule has 6 heteroatoms. The number of furan rings is 1. The Labute approximate surface area is 174 Å². The lowest BCUT2D eigenvalue weighted by molar-refractivity contribution is 0.0924. The Bertz CT molecular complexity index is 1170. The number of nitrogens with zero attached hydrogens (tertiary/aromatic N) is 1. The number of ether oxygens (including phenoxy) is 2. The molecule has 4 aromatic rings. The summed E-state index contributed by atoms with van der Waals surface area (Å²) < 4.78 is 17.1. The molecule has 30 heavy (non-hydrogen) atoms. The maximum atomic E-state index is 12.6. The first-order valence-corrected chi connectivity index (χ1v) is 9.76. The number of nitrogens with one attached hydrogen (secondary N) is 1. The van der Waals surface area contributed by atoms with Gasteiger partial charge >= 0.3 is 0 Å². The van der Waals surface area contributed by atoms with E-state index in [1.165, 1.54) is 0 Å². The maximum absolute atomic E-state index is 12.6. The van der Waals surface area contributed by atoms with Crippen molar-refractivity contribution in [3.8, 4) is 17.4 Å². The van der Waals surface area contributed by atoms with Gasteiger partial charge in [0.15, 0.2) is 17.3 Å². The molecule has 2 aromatic carbocycles. The summed E-state index contributed by atoms with van der Waals surface area (Å²) in [5, 5.41) is 3.82. The molecule has 0 spiro atoms. The molecule has 152 valence electrons. The molecule has 0 bridgehead atoms. The average molecular weight is 402 g/mol. The highest BCUT2D eigenvalue weighted by Crippen LogP contribution is 2.30. The van der Waals surface area contributed by atoms with Crippen LogP contribution in [0.5, 0.6) is 17.4 Å². The van der Waals surface area contributed by atoms with E-state index in [9.17, 15) is 4.79 Å². The molecule has 4 rings (SSSR count). The van der Waals surface area contributed by atoms with Gasteiger partial charge in [-0.1, -0.05) is 36.4 Å². The summed E-state index contributed by atoms with van der Waals surface area (Å²) >= 11 is 0. The Hall–Kier alpha value is -3.80. The predicted octanol–water partition coefficient (Wildman–Crippen LogP) is 5.26. The topological polar surface area (TPSA) is 73.6 Å². The highest BCUT2D eigenvalue weighted by Gasteiger charge is 2.17. The summed E-state index contributed by atoms with van der Waals surface area (Å²) in [6.45, 7) is 4.69. The number of aryl methyl sites for hydroxylation is 1. The minimum absolute atomic E-state index is 0.255. The maximum Gasteiger partial charge on any atom is 0.287 e. The van der Waals surface area contributed by atoms with E-state index in [-0.39, 0.29) is 5.91 Å². The van der Waals surface area contributed by atoms with E-state index >= 15 is 0 Å². The van der Waals surface area contributed by atoms with Crippen molar-refractivity contribution < 1.29 is 18.7 Å². The number of carbonyl (C=O) groups excluding carboxylic acids is 1. The predicted molar refractivity (Wildman–Crippen MR) is 114 cm³/mol. The molecule has 0 saturated heterocycles. The van der Waals surface area contributed by atoms with Crippen molar-refractivity contribution in [2.45, 2.75) is 20.4 Å². The second kappa shape index (κ2) is 8.69. The van der Waals surface area contributed by atoms with Crippen LogP contribution < -0.4 is 14.8 Å². The Balaban J connectivity index is 1.40. The molecule has 0 aliphatic carbocycles. The van der Waals surface area contributed by atoms with Crippen LogP contribution in [0.1, 0.15) is 28.6 Å². The van der Waals surface area contributed by atoms with E-state index in [1.807, 2.05) is 68.4 Å². The van der Waals surface area contributed by atoms with Crippen LogP contribution in [0.2, 0.25) is 0 Å². The lowest BCUT2D eigenvalue weighted by Gasteiger charge is -2.11. The van der Waals surface area contributed by atoms with Gasteiger partial charge in [-0.25, -0.2) is 4.98 Å². The van der Waals surface area contributed by atoms with E-state index < -0.39 is 0 Å². The van der Waals surface area contributed by atoms with E-state index in [2.05, 4.69) is 10.3 Å². The van der Waals surface area contributed by atoms with E-state index in [0.29, 0.717) is 41.9 Å². The minimum Gasteiger partial charge on any atom is -0.490 e. The second-order valence-electron chi connectivity index (χ2n) is 6.72. The number of amides is 1. The van der Waals surface area contributed by atoms with Gasteiger partial charge in [-0.05, 0) is 37.6 Å². The van der Waals surface area contributed by atoms with Crippen LogP contribution in [0, 0.1) is 6.92 Å². The number of hydrogen-bond donors (Lipinski definition) is 1. The zero-order valence-corrected chi connectivity index (χ0v) is 16.8. The van der Waals surface area contributed by atoms with Crippen LogP contribution in [0.15, 0.2) is 71.3 Å². The molecule has 0 radical (unpaired) electrons. The van der Waals surface area contributed by atoms with Gasteiger partial charge in [0.05, 0.1) is 6.61 Å². The summed E-state index contributed by atoms with van der Waals surface area (Å²) in [6, 6.07) is 18.7.